The number of carboxylic acids is 1. The van der Waals surface area contributed by atoms with Crippen molar-refractivity contribution < 1.29 is 14.6 Å². The van der Waals surface area contributed by atoms with Crippen LogP contribution >= 0.6 is 0 Å². The van der Waals surface area contributed by atoms with Gasteiger partial charge in [0.15, 0.2) is 0 Å². The predicted octanol–water partition coefficient (Wildman–Crippen LogP) is 3.24. The van der Waals surface area contributed by atoms with Crippen molar-refractivity contribution in [2.45, 2.75) is 26.4 Å². The molecular weight excluding hydrogens is 432 g/mol. The molecule has 1 saturated heterocycles. The van der Waals surface area contributed by atoms with Crippen LogP contribution in [-0.4, -0.2) is 62.9 Å². The van der Waals surface area contributed by atoms with E-state index in [0.717, 1.165) is 33.1 Å². The molecular formula is C26H30N4O4. The number of morpholine rings is 1. The minimum absolute atomic E-state index is 0.124. The summed E-state index contributed by atoms with van der Waals surface area (Å²) in [6, 6.07) is 13.5. The molecule has 2 atom stereocenters. The van der Waals surface area contributed by atoms with Crippen molar-refractivity contribution in [3.8, 4) is 0 Å². The fourth-order valence-electron chi connectivity index (χ4n) is 5.18. The third kappa shape index (κ3) is 3.93. The maximum atomic E-state index is 13.8. The van der Waals surface area contributed by atoms with E-state index in [1.165, 1.54) is 0 Å². The second-order valence-electron chi connectivity index (χ2n) is 9.12. The molecule has 0 bridgehead atoms. The number of hydrogen-bond donors (Lipinski definition) is 2. The van der Waals surface area contributed by atoms with E-state index in [1.807, 2.05) is 49.5 Å². The highest BCUT2D eigenvalue weighted by atomic mass is 16.5. The summed E-state index contributed by atoms with van der Waals surface area (Å²) in [6.07, 6.45) is 1.97. The monoisotopic (exact) mass is 462 g/mol. The number of benzene rings is 2. The molecule has 34 heavy (non-hydrogen) atoms. The van der Waals surface area contributed by atoms with E-state index in [1.54, 1.807) is 9.13 Å². The minimum atomic E-state index is -0.893. The van der Waals surface area contributed by atoms with E-state index in [4.69, 9.17) is 4.74 Å². The van der Waals surface area contributed by atoms with E-state index >= 15 is 0 Å². The summed E-state index contributed by atoms with van der Waals surface area (Å²) >= 11 is 0. The van der Waals surface area contributed by atoms with Gasteiger partial charge in [0.05, 0.1) is 36.2 Å². The number of imidazole rings is 1. The number of aromatic amines is 1. The quantitative estimate of drug-likeness (QED) is 0.440. The molecule has 1 fully saturated rings. The van der Waals surface area contributed by atoms with E-state index in [2.05, 4.69) is 22.9 Å². The maximum Gasteiger partial charge on any atom is 0.329 e. The molecule has 2 aromatic heterocycles. The number of rotatable bonds is 7. The lowest BCUT2D eigenvalue weighted by molar-refractivity contribution is -0.143. The molecule has 0 saturated carbocycles. The molecule has 178 valence electrons. The summed E-state index contributed by atoms with van der Waals surface area (Å²) in [4.78, 5) is 31.4. The largest absolute Gasteiger partial charge is 0.481 e. The van der Waals surface area contributed by atoms with Gasteiger partial charge in [-0.2, -0.15) is 0 Å². The first kappa shape index (κ1) is 22.4. The number of H-pyrrole nitrogens is 1. The summed E-state index contributed by atoms with van der Waals surface area (Å²) in [6.45, 7) is 7.23. The highest BCUT2D eigenvalue weighted by Gasteiger charge is 2.27. The van der Waals surface area contributed by atoms with Gasteiger partial charge in [0, 0.05) is 48.8 Å². The summed E-state index contributed by atoms with van der Waals surface area (Å²) < 4.78 is 8.81. The summed E-state index contributed by atoms with van der Waals surface area (Å²) in [5.74, 6) is -1.59. The highest BCUT2D eigenvalue weighted by Crippen LogP contribution is 2.30. The molecule has 0 amide bonds. The lowest BCUT2D eigenvalue weighted by atomic mass is 10.0. The van der Waals surface area contributed by atoms with Crippen molar-refractivity contribution in [1.29, 1.82) is 0 Å². The van der Waals surface area contributed by atoms with Gasteiger partial charge in [0.2, 0.25) is 0 Å². The van der Waals surface area contributed by atoms with Crippen LogP contribution in [0.3, 0.4) is 0 Å². The molecule has 2 unspecified atom stereocenters. The molecule has 0 aliphatic carbocycles. The summed E-state index contributed by atoms with van der Waals surface area (Å²) in [5.41, 5.74) is 4.59. The molecule has 5 rings (SSSR count). The van der Waals surface area contributed by atoms with Gasteiger partial charge in [-0.1, -0.05) is 24.3 Å². The van der Waals surface area contributed by atoms with Crippen molar-refractivity contribution in [3.05, 3.63) is 70.3 Å². The van der Waals surface area contributed by atoms with Crippen LogP contribution in [0.5, 0.6) is 0 Å². The van der Waals surface area contributed by atoms with Crippen LogP contribution < -0.4 is 5.69 Å². The van der Waals surface area contributed by atoms with Gasteiger partial charge >= 0.3 is 11.7 Å². The normalized spacial score (nSPS) is 16.8. The van der Waals surface area contributed by atoms with Crippen LogP contribution in [0.15, 0.2) is 53.5 Å². The number of aliphatic carboxylic acids is 1. The number of aromatic nitrogens is 3. The Morgan fingerprint density at radius 2 is 1.82 bits per heavy atom. The smallest absolute Gasteiger partial charge is 0.329 e. The second kappa shape index (κ2) is 9.12. The average Bonchev–Trinajstić information content (AvgIpc) is 3.39. The first-order valence-corrected chi connectivity index (χ1v) is 11.7. The van der Waals surface area contributed by atoms with Gasteiger partial charge < -0.3 is 14.8 Å². The molecule has 3 heterocycles. The number of fused-ring (bicyclic) bond motifs is 2. The third-order valence-corrected chi connectivity index (χ3v) is 6.99. The Kier molecular flexibility index (Phi) is 6.02. The summed E-state index contributed by atoms with van der Waals surface area (Å²) in [7, 11) is 0. The molecule has 0 spiro atoms. The molecule has 2 N–H and O–H groups in total. The fraction of sp³-hybridized carbons (Fsp3) is 0.385. The number of carboxylic acid groups (broad SMARTS) is 1. The van der Waals surface area contributed by atoms with Crippen LogP contribution in [0.1, 0.15) is 24.1 Å². The number of hydrogen-bond acceptors (Lipinski definition) is 4. The maximum absolute atomic E-state index is 13.8. The second-order valence-corrected chi connectivity index (χ2v) is 9.12. The number of nitrogens with zero attached hydrogens (tertiary/aromatic N) is 3. The molecule has 4 aromatic rings. The Bertz CT molecular complexity index is 1390. The van der Waals surface area contributed by atoms with E-state index in [-0.39, 0.29) is 18.3 Å². The van der Waals surface area contributed by atoms with Gasteiger partial charge in [-0.3, -0.25) is 18.8 Å². The number of aryl methyl sites for hydroxylation is 1. The highest BCUT2D eigenvalue weighted by molar-refractivity contribution is 5.87. The summed E-state index contributed by atoms with van der Waals surface area (Å²) in [5, 5.41) is 11.1. The van der Waals surface area contributed by atoms with Crippen molar-refractivity contribution in [1.82, 2.24) is 19.0 Å². The Balaban J connectivity index is 1.56. The van der Waals surface area contributed by atoms with E-state index in [9.17, 15) is 14.7 Å². The number of carbonyl (C=O) groups is 1. The van der Waals surface area contributed by atoms with Gasteiger partial charge in [-0.05, 0) is 37.6 Å². The molecule has 2 aromatic carbocycles. The zero-order valence-corrected chi connectivity index (χ0v) is 19.5. The Morgan fingerprint density at radius 1 is 1.09 bits per heavy atom. The standard InChI is InChI=1S/C26H30N4O4/c1-17-6-5-7-21-24(17)20(14-27-21)18(2)30-23-9-4-3-8-22(23)29(26(30)33)16-19(25(31)32)15-28-10-12-34-13-11-28/h3-9,14,18-19,27H,10-13,15-16H2,1-2H3,(H,31,32). The minimum Gasteiger partial charge on any atom is -0.481 e. The van der Waals surface area contributed by atoms with Crippen LogP contribution in [0.25, 0.3) is 21.9 Å². The van der Waals surface area contributed by atoms with Crippen molar-refractivity contribution in [2.75, 3.05) is 32.8 Å². The van der Waals surface area contributed by atoms with Crippen molar-refractivity contribution in [2.24, 2.45) is 5.92 Å². The first-order valence-electron chi connectivity index (χ1n) is 11.7. The van der Waals surface area contributed by atoms with E-state index < -0.39 is 11.9 Å². The zero-order valence-electron chi connectivity index (χ0n) is 19.5. The first-order chi connectivity index (χ1) is 16.5. The molecule has 1 aliphatic heterocycles. The lowest BCUT2D eigenvalue weighted by Crippen LogP contribution is -2.43. The lowest BCUT2D eigenvalue weighted by Gasteiger charge is -2.29. The van der Waals surface area contributed by atoms with Crippen molar-refractivity contribution in [3.63, 3.8) is 0 Å². The van der Waals surface area contributed by atoms with Crippen LogP contribution in [0, 0.1) is 12.8 Å². The Morgan fingerprint density at radius 3 is 2.56 bits per heavy atom. The Labute approximate surface area is 197 Å². The number of ether oxygens (including phenoxy) is 1. The number of para-hydroxylation sites is 2. The van der Waals surface area contributed by atoms with Crippen molar-refractivity contribution >= 4 is 27.9 Å². The zero-order chi connectivity index (χ0) is 23.8. The van der Waals surface area contributed by atoms with Gasteiger partial charge in [0.25, 0.3) is 0 Å². The third-order valence-electron chi connectivity index (χ3n) is 6.99. The molecule has 1 aliphatic rings. The molecule has 8 nitrogen and oxygen atoms in total. The SMILES string of the molecule is Cc1cccc2[nH]cc(C(C)n3c(=O)n(CC(CN4CCOCC4)C(=O)O)c4ccccc43)c12. The van der Waals surface area contributed by atoms with Crippen LogP contribution in [0.2, 0.25) is 0 Å². The molecule has 8 heteroatoms. The van der Waals surface area contributed by atoms with Crippen LogP contribution in [-0.2, 0) is 16.1 Å². The predicted molar refractivity (Wildman–Crippen MR) is 131 cm³/mol. The molecule has 0 radical (unpaired) electrons. The fourth-order valence-corrected chi connectivity index (χ4v) is 5.18. The van der Waals surface area contributed by atoms with Gasteiger partial charge in [-0.25, -0.2) is 4.79 Å². The Hall–Kier alpha value is -3.36. The van der Waals surface area contributed by atoms with Gasteiger partial charge in [-0.15, -0.1) is 0 Å². The van der Waals surface area contributed by atoms with E-state index in [0.29, 0.717) is 32.8 Å². The topological polar surface area (TPSA) is 92.5 Å². The van der Waals surface area contributed by atoms with Crippen LogP contribution in [0.4, 0.5) is 0 Å². The average molecular weight is 463 g/mol. The number of nitrogens with one attached hydrogen (secondary N) is 1. The van der Waals surface area contributed by atoms with Gasteiger partial charge in [0.1, 0.15) is 0 Å².